The highest BCUT2D eigenvalue weighted by atomic mass is 16.5. The van der Waals surface area contributed by atoms with E-state index >= 15 is 0 Å². The number of carbonyl (C=O) groups is 1. The second kappa shape index (κ2) is 3.18. The van der Waals surface area contributed by atoms with Gasteiger partial charge in [-0.25, -0.2) is 4.79 Å². The summed E-state index contributed by atoms with van der Waals surface area (Å²) >= 11 is 0. The Labute approximate surface area is 81.6 Å². The molecule has 1 aliphatic rings. The first-order chi connectivity index (χ1) is 6.68. The molecule has 2 rings (SSSR count). The van der Waals surface area contributed by atoms with E-state index in [4.69, 9.17) is 4.74 Å². The van der Waals surface area contributed by atoms with E-state index in [2.05, 4.69) is 0 Å². The molecule has 1 aromatic rings. The quantitative estimate of drug-likeness (QED) is 0.687. The van der Waals surface area contributed by atoms with Crippen molar-refractivity contribution in [3.8, 4) is 0 Å². The van der Waals surface area contributed by atoms with Crippen LogP contribution in [0.2, 0.25) is 0 Å². The third kappa shape index (κ3) is 1.37. The molecular weight excluding hydrogens is 180 g/mol. The van der Waals surface area contributed by atoms with Gasteiger partial charge in [-0.2, -0.15) is 0 Å². The SMILES string of the molecule is Cc1cccc(C2=C(O)COC2=O)c1. The predicted molar refractivity (Wildman–Crippen MR) is 51.7 cm³/mol. The maximum Gasteiger partial charge on any atom is 0.342 e. The van der Waals surface area contributed by atoms with Gasteiger partial charge < -0.3 is 9.84 Å². The molecule has 3 nitrogen and oxygen atoms in total. The van der Waals surface area contributed by atoms with Crippen LogP contribution in [0.25, 0.3) is 5.57 Å². The van der Waals surface area contributed by atoms with Gasteiger partial charge in [0.05, 0.1) is 0 Å². The molecule has 0 saturated carbocycles. The van der Waals surface area contributed by atoms with Crippen molar-refractivity contribution in [2.24, 2.45) is 0 Å². The number of rotatable bonds is 1. The molecule has 0 aromatic heterocycles. The maximum atomic E-state index is 11.3. The van der Waals surface area contributed by atoms with E-state index in [9.17, 15) is 9.90 Å². The lowest BCUT2D eigenvalue weighted by atomic mass is 10.0. The molecule has 0 radical (unpaired) electrons. The van der Waals surface area contributed by atoms with Crippen molar-refractivity contribution in [1.29, 1.82) is 0 Å². The number of aliphatic hydroxyl groups is 1. The molecule has 14 heavy (non-hydrogen) atoms. The van der Waals surface area contributed by atoms with Gasteiger partial charge in [0.2, 0.25) is 0 Å². The Morgan fingerprint density at radius 1 is 1.43 bits per heavy atom. The number of cyclic esters (lactones) is 1. The summed E-state index contributed by atoms with van der Waals surface area (Å²) in [7, 11) is 0. The zero-order valence-electron chi connectivity index (χ0n) is 7.78. The average Bonchev–Trinajstić information content (AvgIpc) is 2.46. The Balaban J connectivity index is 2.49. The first kappa shape index (κ1) is 8.81. The molecule has 1 N–H and O–H groups in total. The second-order valence-corrected chi connectivity index (χ2v) is 3.27. The third-order valence-electron chi connectivity index (χ3n) is 2.14. The van der Waals surface area contributed by atoms with E-state index in [1.165, 1.54) is 0 Å². The molecule has 0 fully saturated rings. The van der Waals surface area contributed by atoms with Crippen LogP contribution >= 0.6 is 0 Å². The molecule has 1 aliphatic heterocycles. The Hall–Kier alpha value is -1.77. The Morgan fingerprint density at radius 3 is 2.79 bits per heavy atom. The maximum absolute atomic E-state index is 11.3. The van der Waals surface area contributed by atoms with Crippen LogP contribution < -0.4 is 0 Å². The topological polar surface area (TPSA) is 46.5 Å². The number of esters is 1. The summed E-state index contributed by atoms with van der Waals surface area (Å²) in [6.45, 7) is 1.92. The lowest BCUT2D eigenvalue weighted by Gasteiger charge is -2.00. The fourth-order valence-electron chi connectivity index (χ4n) is 1.48. The normalized spacial score (nSPS) is 15.9. The van der Waals surface area contributed by atoms with Crippen molar-refractivity contribution in [2.75, 3.05) is 6.61 Å². The molecule has 1 heterocycles. The van der Waals surface area contributed by atoms with Crippen LogP contribution in [0.15, 0.2) is 30.0 Å². The minimum atomic E-state index is -0.451. The largest absolute Gasteiger partial charge is 0.508 e. The number of carbonyl (C=O) groups excluding carboxylic acids is 1. The highest BCUT2D eigenvalue weighted by molar-refractivity contribution is 6.18. The summed E-state index contributed by atoms with van der Waals surface area (Å²) in [4.78, 5) is 11.3. The molecule has 0 unspecified atom stereocenters. The van der Waals surface area contributed by atoms with Crippen LogP contribution in [-0.4, -0.2) is 17.7 Å². The average molecular weight is 190 g/mol. The molecule has 0 amide bonds. The smallest absolute Gasteiger partial charge is 0.342 e. The van der Waals surface area contributed by atoms with Gasteiger partial charge in [0.25, 0.3) is 0 Å². The van der Waals surface area contributed by atoms with Gasteiger partial charge in [0, 0.05) is 0 Å². The van der Waals surface area contributed by atoms with E-state index in [1.807, 2.05) is 25.1 Å². The van der Waals surface area contributed by atoms with Crippen molar-refractivity contribution in [2.45, 2.75) is 6.92 Å². The number of hydrogen-bond acceptors (Lipinski definition) is 3. The summed E-state index contributed by atoms with van der Waals surface area (Å²) in [5.41, 5.74) is 2.04. The summed E-state index contributed by atoms with van der Waals surface area (Å²) < 4.78 is 4.71. The van der Waals surface area contributed by atoms with Crippen molar-refractivity contribution < 1.29 is 14.6 Å². The fourth-order valence-corrected chi connectivity index (χ4v) is 1.48. The molecular formula is C11H10O3. The van der Waals surface area contributed by atoms with Gasteiger partial charge in [-0.15, -0.1) is 0 Å². The van der Waals surface area contributed by atoms with E-state index in [0.29, 0.717) is 5.56 Å². The van der Waals surface area contributed by atoms with Crippen molar-refractivity contribution in [3.05, 3.63) is 41.2 Å². The van der Waals surface area contributed by atoms with Crippen molar-refractivity contribution >= 4 is 11.5 Å². The molecule has 3 heteroatoms. The van der Waals surface area contributed by atoms with Crippen LogP contribution in [0.5, 0.6) is 0 Å². The molecule has 1 aromatic carbocycles. The third-order valence-corrected chi connectivity index (χ3v) is 2.14. The monoisotopic (exact) mass is 190 g/mol. The summed E-state index contributed by atoms with van der Waals surface area (Å²) in [5, 5.41) is 9.44. The fraction of sp³-hybridized carbons (Fsp3) is 0.182. The Kier molecular flexibility index (Phi) is 2.00. The van der Waals surface area contributed by atoms with Gasteiger partial charge in [0.1, 0.15) is 17.9 Å². The first-order valence-corrected chi connectivity index (χ1v) is 4.35. The second-order valence-electron chi connectivity index (χ2n) is 3.27. The van der Waals surface area contributed by atoms with Crippen molar-refractivity contribution in [1.82, 2.24) is 0 Å². The highest BCUT2D eigenvalue weighted by Gasteiger charge is 2.25. The van der Waals surface area contributed by atoms with E-state index in [0.717, 1.165) is 5.56 Å². The predicted octanol–water partition coefficient (Wildman–Crippen LogP) is 1.82. The van der Waals surface area contributed by atoms with Gasteiger partial charge in [-0.05, 0) is 12.5 Å². The summed E-state index contributed by atoms with van der Waals surface area (Å²) in [6, 6.07) is 7.40. The summed E-state index contributed by atoms with van der Waals surface area (Å²) in [6.07, 6.45) is 0. The lowest BCUT2D eigenvalue weighted by Crippen LogP contribution is -1.98. The van der Waals surface area contributed by atoms with Gasteiger partial charge in [-0.3, -0.25) is 0 Å². The number of benzene rings is 1. The number of hydrogen-bond donors (Lipinski definition) is 1. The minimum absolute atomic E-state index is 0.0118. The van der Waals surface area contributed by atoms with Crippen LogP contribution in [0.3, 0.4) is 0 Å². The molecule has 0 bridgehead atoms. The molecule has 0 atom stereocenters. The standard InChI is InChI=1S/C11H10O3/c1-7-3-2-4-8(5-7)10-9(12)6-14-11(10)13/h2-5,12H,6H2,1H3. The van der Waals surface area contributed by atoms with E-state index < -0.39 is 5.97 Å². The van der Waals surface area contributed by atoms with Gasteiger partial charge >= 0.3 is 5.97 Å². The summed E-state index contributed by atoms with van der Waals surface area (Å²) in [5.74, 6) is -0.436. The lowest BCUT2D eigenvalue weighted by molar-refractivity contribution is -0.134. The number of ether oxygens (including phenoxy) is 1. The molecule has 0 saturated heterocycles. The highest BCUT2D eigenvalue weighted by Crippen LogP contribution is 2.24. The van der Waals surface area contributed by atoms with Crippen LogP contribution in [0, 0.1) is 6.92 Å². The minimum Gasteiger partial charge on any atom is -0.508 e. The number of aryl methyl sites for hydroxylation is 1. The zero-order valence-corrected chi connectivity index (χ0v) is 7.78. The van der Waals surface area contributed by atoms with Gasteiger partial charge in [-0.1, -0.05) is 29.8 Å². The molecule has 72 valence electrons. The molecule has 0 spiro atoms. The Bertz CT molecular complexity index is 418. The van der Waals surface area contributed by atoms with Crippen LogP contribution in [0.4, 0.5) is 0 Å². The number of aliphatic hydroxyl groups excluding tert-OH is 1. The van der Waals surface area contributed by atoms with Crippen LogP contribution in [0.1, 0.15) is 11.1 Å². The Morgan fingerprint density at radius 2 is 2.21 bits per heavy atom. The van der Waals surface area contributed by atoms with Crippen LogP contribution in [-0.2, 0) is 9.53 Å². The van der Waals surface area contributed by atoms with E-state index in [1.54, 1.807) is 6.07 Å². The van der Waals surface area contributed by atoms with Gasteiger partial charge in [0.15, 0.2) is 0 Å². The zero-order chi connectivity index (χ0) is 10.1. The molecule has 0 aliphatic carbocycles. The first-order valence-electron chi connectivity index (χ1n) is 4.35. The van der Waals surface area contributed by atoms with E-state index in [-0.39, 0.29) is 17.9 Å². The van der Waals surface area contributed by atoms with Crippen molar-refractivity contribution in [3.63, 3.8) is 0 Å².